The molecule has 1 heterocycles. The number of ether oxygens (including phenoxy) is 2. The van der Waals surface area contributed by atoms with Gasteiger partial charge in [0.15, 0.2) is 11.5 Å². The van der Waals surface area contributed by atoms with Gasteiger partial charge in [0.25, 0.3) is 0 Å². The van der Waals surface area contributed by atoms with Crippen LogP contribution in [0.3, 0.4) is 0 Å². The SMILES string of the molecule is COc1cccc(CN(C)CC2CCCOC2)c1O. The van der Waals surface area contributed by atoms with Gasteiger partial charge in [0.05, 0.1) is 13.7 Å². The van der Waals surface area contributed by atoms with E-state index in [1.54, 1.807) is 13.2 Å². The summed E-state index contributed by atoms with van der Waals surface area (Å²) in [5, 5.41) is 10.1. The fraction of sp³-hybridized carbons (Fsp3) is 0.600. The van der Waals surface area contributed by atoms with Crippen molar-refractivity contribution in [2.45, 2.75) is 19.4 Å². The van der Waals surface area contributed by atoms with Crippen molar-refractivity contribution in [3.63, 3.8) is 0 Å². The lowest BCUT2D eigenvalue weighted by Gasteiger charge is -2.27. The minimum atomic E-state index is 0.247. The van der Waals surface area contributed by atoms with Crippen molar-refractivity contribution in [2.75, 3.05) is 33.9 Å². The third-order valence-electron chi connectivity index (χ3n) is 3.57. The van der Waals surface area contributed by atoms with Gasteiger partial charge in [-0.05, 0) is 31.9 Å². The van der Waals surface area contributed by atoms with E-state index < -0.39 is 0 Å². The number of benzene rings is 1. The number of hydrogen-bond donors (Lipinski definition) is 1. The quantitative estimate of drug-likeness (QED) is 0.886. The van der Waals surface area contributed by atoms with E-state index in [2.05, 4.69) is 11.9 Å². The van der Waals surface area contributed by atoms with Gasteiger partial charge in [-0.25, -0.2) is 0 Å². The minimum Gasteiger partial charge on any atom is -0.504 e. The van der Waals surface area contributed by atoms with E-state index >= 15 is 0 Å². The summed E-state index contributed by atoms with van der Waals surface area (Å²) in [6.45, 7) is 3.47. The molecule has 1 N–H and O–H groups in total. The largest absolute Gasteiger partial charge is 0.504 e. The zero-order valence-electron chi connectivity index (χ0n) is 11.8. The van der Waals surface area contributed by atoms with Gasteiger partial charge in [0.1, 0.15) is 0 Å². The van der Waals surface area contributed by atoms with Crippen molar-refractivity contribution in [3.8, 4) is 11.5 Å². The number of rotatable bonds is 5. The lowest BCUT2D eigenvalue weighted by atomic mass is 10.0. The second-order valence-corrected chi connectivity index (χ2v) is 5.25. The Bertz CT molecular complexity index is 402. The molecule has 0 aromatic heterocycles. The van der Waals surface area contributed by atoms with Crippen molar-refractivity contribution in [1.82, 2.24) is 4.90 Å². The van der Waals surface area contributed by atoms with Gasteiger partial charge >= 0.3 is 0 Å². The number of methoxy groups -OCH3 is 1. The summed E-state index contributed by atoms with van der Waals surface area (Å²) in [5.74, 6) is 1.38. The van der Waals surface area contributed by atoms with Gasteiger partial charge < -0.3 is 19.5 Å². The van der Waals surface area contributed by atoms with Crippen molar-refractivity contribution in [1.29, 1.82) is 0 Å². The summed E-state index contributed by atoms with van der Waals surface area (Å²) in [6, 6.07) is 5.62. The third-order valence-corrected chi connectivity index (χ3v) is 3.57. The average Bonchev–Trinajstić information content (AvgIpc) is 2.42. The van der Waals surface area contributed by atoms with Gasteiger partial charge in [-0.1, -0.05) is 12.1 Å². The normalized spacial score (nSPS) is 19.6. The Morgan fingerprint density at radius 2 is 2.32 bits per heavy atom. The van der Waals surface area contributed by atoms with Crippen LogP contribution in [-0.2, 0) is 11.3 Å². The standard InChI is InChI=1S/C15H23NO3/c1-16(9-12-5-4-8-19-11-12)10-13-6-3-7-14(18-2)15(13)17/h3,6-7,12,17H,4-5,8-11H2,1-2H3. The lowest BCUT2D eigenvalue weighted by molar-refractivity contribution is 0.0411. The Morgan fingerprint density at radius 1 is 1.47 bits per heavy atom. The molecule has 0 amide bonds. The molecule has 1 unspecified atom stereocenters. The number of aromatic hydroxyl groups is 1. The predicted octanol–water partition coefficient (Wildman–Crippen LogP) is 2.26. The van der Waals surface area contributed by atoms with Gasteiger partial charge in [-0.3, -0.25) is 0 Å². The molecule has 1 saturated heterocycles. The first-order chi connectivity index (χ1) is 9.20. The number of para-hydroxylation sites is 1. The molecular weight excluding hydrogens is 242 g/mol. The Morgan fingerprint density at radius 3 is 3.00 bits per heavy atom. The summed E-state index contributed by atoms with van der Waals surface area (Å²) in [7, 11) is 3.65. The summed E-state index contributed by atoms with van der Waals surface area (Å²) in [4.78, 5) is 2.23. The Hall–Kier alpha value is -1.26. The summed E-state index contributed by atoms with van der Waals surface area (Å²) in [5.41, 5.74) is 0.901. The molecule has 0 spiro atoms. The van der Waals surface area contributed by atoms with Gasteiger partial charge in [0.2, 0.25) is 0 Å². The van der Waals surface area contributed by atoms with Crippen LogP contribution in [0.15, 0.2) is 18.2 Å². The van der Waals surface area contributed by atoms with Crippen molar-refractivity contribution < 1.29 is 14.6 Å². The number of hydrogen-bond acceptors (Lipinski definition) is 4. The molecule has 0 aliphatic carbocycles. The van der Waals surface area contributed by atoms with Crippen LogP contribution in [0.4, 0.5) is 0 Å². The molecule has 19 heavy (non-hydrogen) atoms. The fourth-order valence-corrected chi connectivity index (χ4v) is 2.61. The number of phenolic OH excluding ortho intramolecular Hbond substituents is 1. The van der Waals surface area contributed by atoms with Crippen LogP contribution in [0.2, 0.25) is 0 Å². The highest BCUT2D eigenvalue weighted by Gasteiger charge is 2.17. The molecule has 4 heteroatoms. The highest BCUT2D eigenvalue weighted by molar-refractivity contribution is 5.45. The van der Waals surface area contributed by atoms with Crippen LogP contribution in [0, 0.1) is 5.92 Å². The molecule has 1 aliphatic heterocycles. The minimum absolute atomic E-state index is 0.247. The topological polar surface area (TPSA) is 41.9 Å². The molecule has 4 nitrogen and oxygen atoms in total. The Labute approximate surface area is 114 Å². The fourth-order valence-electron chi connectivity index (χ4n) is 2.61. The second-order valence-electron chi connectivity index (χ2n) is 5.25. The first-order valence-corrected chi connectivity index (χ1v) is 6.82. The van der Waals surface area contributed by atoms with Crippen LogP contribution in [0.25, 0.3) is 0 Å². The first-order valence-electron chi connectivity index (χ1n) is 6.82. The number of phenols is 1. The van der Waals surface area contributed by atoms with Crippen molar-refractivity contribution >= 4 is 0 Å². The molecule has 1 aromatic rings. The summed E-state index contributed by atoms with van der Waals surface area (Å²) >= 11 is 0. The zero-order valence-corrected chi connectivity index (χ0v) is 11.8. The zero-order chi connectivity index (χ0) is 13.7. The number of nitrogens with zero attached hydrogens (tertiary/aromatic N) is 1. The van der Waals surface area contributed by atoms with Gasteiger partial charge in [-0.15, -0.1) is 0 Å². The van der Waals surface area contributed by atoms with E-state index in [1.807, 2.05) is 12.1 Å². The van der Waals surface area contributed by atoms with E-state index in [4.69, 9.17) is 9.47 Å². The molecule has 1 atom stereocenters. The summed E-state index contributed by atoms with van der Waals surface area (Å²) < 4.78 is 10.6. The maximum absolute atomic E-state index is 10.1. The molecule has 1 aliphatic rings. The molecule has 2 rings (SSSR count). The molecular formula is C15H23NO3. The van der Waals surface area contributed by atoms with Crippen molar-refractivity contribution in [3.05, 3.63) is 23.8 Å². The highest BCUT2D eigenvalue weighted by Crippen LogP contribution is 2.30. The molecule has 0 saturated carbocycles. The molecule has 0 bridgehead atoms. The molecule has 1 aromatic carbocycles. The Balaban J connectivity index is 1.92. The van der Waals surface area contributed by atoms with E-state index in [0.29, 0.717) is 11.7 Å². The van der Waals surface area contributed by atoms with E-state index in [0.717, 1.165) is 38.3 Å². The molecule has 1 fully saturated rings. The van der Waals surface area contributed by atoms with Crippen LogP contribution < -0.4 is 4.74 Å². The van der Waals surface area contributed by atoms with Gasteiger partial charge in [0, 0.05) is 25.3 Å². The van der Waals surface area contributed by atoms with Crippen LogP contribution in [-0.4, -0.2) is 43.9 Å². The maximum Gasteiger partial charge on any atom is 0.162 e. The second kappa shape index (κ2) is 6.78. The molecule has 0 radical (unpaired) electrons. The monoisotopic (exact) mass is 265 g/mol. The van der Waals surface area contributed by atoms with Crippen LogP contribution in [0.5, 0.6) is 11.5 Å². The lowest BCUT2D eigenvalue weighted by Crippen LogP contribution is -2.30. The van der Waals surface area contributed by atoms with E-state index in [9.17, 15) is 5.11 Å². The predicted molar refractivity (Wildman–Crippen MR) is 74.5 cm³/mol. The summed E-state index contributed by atoms with van der Waals surface area (Å²) in [6.07, 6.45) is 2.39. The Kier molecular flexibility index (Phi) is 5.05. The van der Waals surface area contributed by atoms with Gasteiger partial charge in [-0.2, -0.15) is 0 Å². The molecule has 106 valence electrons. The maximum atomic E-state index is 10.1. The van der Waals surface area contributed by atoms with E-state index in [1.165, 1.54) is 6.42 Å². The average molecular weight is 265 g/mol. The van der Waals surface area contributed by atoms with E-state index in [-0.39, 0.29) is 5.75 Å². The first kappa shape index (κ1) is 14.2. The third kappa shape index (κ3) is 3.85. The highest BCUT2D eigenvalue weighted by atomic mass is 16.5. The van der Waals surface area contributed by atoms with Crippen LogP contribution >= 0.6 is 0 Å². The smallest absolute Gasteiger partial charge is 0.162 e. The van der Waals surface area contributed by atoms with Crippen molar-refractivity contribution in [2.24, 2.45) is 5.92 Å². The van der Waals surface area contributed by atoms with Crippen LogP contribution in [0.1, 0.15) is 18.4 Å².